The topological polar surface area (TPSA) is 40.6 Å². The summed E-state index contributed by atoms with van der Waals surface area (Å²) >= 11 is 12.2. The van der Waals surface area contributed by atoms with Crippen LogP contribution in [0.25, 0.3) is 0 Å². The number of benzene rings is 2. The van der Waals surface area contributed by atoms with Crippen molar-refractivity contribution in [3.05, 3.63) is 63.6 Å². The van der Waals surface area contributed by atoms with Crippen LogP contribution in [-0.2, 0) is 16.6 Å². The van der Waals surface area contributed by atoms with Gasteiger partial charge >= 0.3 is 0 Å². The summed E-state index contributed by atoms with van der Waals surface area (Å²) in [6.45, 7) is 7.15. The van der Waals surface area contributed by atoms with Crippen molar-refractivity contribution in [1.29, 1.82) is 0 Å². The van der Waals surface area contributed by atoms with Crippen molar-refractivity contribution in [2.75, 3.05) is 26.2 Å². The Hall–Kier alpha value is -1.11. The number of halogens is 2. The first-order valence-electron chi connectivity index (χ1n) is 9.04. The minimum Gasteiger partial charge on any atom is -0.296 e. The van der Waals surface area contributed by atoms with E-state index in [1.54, 1.807) is 22.5 Å². The molecule has 3 rings (SSSR count). The zero-order valence-corrected chi connectivity index (χ0v) is 17.9. The standard InChI is InChI=1S/C20H24Cl2N2O2S/c1-15(2)16-4-7-19(8-5-16)27(25,26)24-11-9-23(10-12-24)14-17-3-6-18(21)13-20(17)22/h3-8,13,15H,9-12,14H2,1-2H3. The highest BCUT2D eigenvalue weighted by atomic mass is 35.5. The number of hydrogen-bond donors (Lipinski definition) is 0. The molecule has 0 aromatic heterocycles. The van der Waals surface area contributed by atoms with Crippen molar-refractivity contribution in [3.63, 3.8) is 0 Å². The van der Waals surface area contributed by atoms with Crippen LogP contribution in [0.3, 0.4) is 0 Å². The second kappa shape index (κ2) is 8.50. The van der Waals surface area contributed by atoms with Crippen LogP contribution in [0.15, 0.2) is 47.4 Å². The lowest BCUT2D eigenvalue weighted by atomic mass is 10.0. The molecular formula is C20H24Cl2N2O2S. The molecule has 2 aromatic rings. The van der Waals surface area contributed by atoms with Gasteiger partial charge < -0.3 is 0 Å². The molecule has 2 aromatic carbocycles. The molecular weight excluding hydrogens is 403 g/mol. The second-order valence-corrected chi connectivity index (χ2v) is 9.92. The van der Waals surface area contributed by atoms with Crippen molar-refractivity contribution in [1.82, 2.24) is 9.21 Å². The Morgan fingerprint density at radius 1 is 0.963 bits per heavy atom. The van der Waals surface area contributed by atoms with E-state index < -0.39 is 10.0 Å². The average molecular weight is 427 g/mol. The summed E-state index contributed by atoms with van der Waals surface area (Å²) in [4.78, 5) is 2.57. The molecule has 0 N–H and O–H groups in total. The Morgan fingerprint density at radius 3 is 2.15 bits per heavy atom. The van der Waals surface area contributed by atoms with Crippen molar-refractivity contribution in [3.8, 4) is 0 Å². The number of nitrogens with zero attached hydrogens (tertiary/aromatic N) is 2. The van der Waals surface area contributed by atoms with Crippen LogP contribution in [0, 0.1) is 0 Å². The van der Waals surface area contributed by atoms with Crippen LogP contribution in [-0.4, -0.2) is 43.8 Å². The third-order valence-corrected chi connectivity index (χ3v) is 7.42. The van der Waals surface area contributed by atoms with Crippen molar-refractivity contribution in [2.45, 2.75) is 31.2 Å². The van der Waals surface area contributed by atoms with Crippen LogP contribution < -0.4 is 0 Å². The number of rotatable bonds is 5. The van der Waals surface area contributed by atoms with Gasteiger partial charge in [0.2, 0.25) is 10.0 Å². The van der Waals surface area contributed by atoms with E-state index in [9.17, 15) is 8.42 Å². The van der Waals surface area contributed by atoms with Gasteiger partial charge in [-0.2, -0.15) is 4.31 Å². The molecule has 0 amide bonds. The Labute approximate surface area is 171 Å². The van der Waals surface area contributed by atoms with Gasteiger partial charge in [0.1, 0.15) is 0 Å². The van der Waals surface area contributed by atoms with Crippen LogP contribution in [0.5, 0.6) is 0 Å². The maximum absolute atomic E-state index is 12.9. The van der Waals surface area contributed by atoms with E-state index in [2.05, 4.69) is 18.7 Å². The smallest absolute Gasteiger partial charge is 0.243 e. The van der Waals surface area contributed by atoms with Gasteiger partial charge in [0, 0.05) is 42.8 Å². The van der Waals surface area contributed by atoms with Crippen LogP contribution in [0.4, 0.5) is 0 Å². The number of hydrogen-bond acceptors (Lipinski definition) is 3. The van der Waals surface area contributed by atoms with Gasteiger partial charge in [-0.05, 0) is 41.3 Å². The van der Waals surface area contributed by atoms with Gasteiger partial charge in [-0.3, -0.25) is 4.90 Å². The molecule has 0 atom stereocenters. The quantitative estimate of drug-likeness (QED) is 0.699. The van der Waals surface area contributed by atoms with Crippen molar-refractivity contribution in [2.24, 2.45) is 0 Å². The maximum Gasteiger partial charge on any atom is 0.243 e. The Kier molecular flexibility index (Phi) is 6.49. The molecule has 27 heavy (non-hydrogen) atoms. The summed E-state index contributed by atoms with van der Waals surface area (Å²) in [6.07, 6.45) is 0. The summed E-state index contributed by atoms with van der Waals surface area (Å²) in [6, 6.07) is 12.7. The molecule has 0 unspecified atom stereocenters. The first-order valence-corrected chi connectivity index (χ1v) is 11.2. The molecule has 4 nitrogen and oxygen atoms in total. The minimum atomic E-state index is -3.45. The molecule has 0 bridgehead atoms. The lowest BCUT2D eigenvalue weighted by Gasteiger charge is -2.34. The zero-order valence-electron chi connectivity index (χ0n) is 15.5. The molecule has 7 heteroatoms. The molecule has 1 aliphatic heterocycles. The van der Waals surface area contributed by atoms with Gasteiger partial charge in [-0.25, -0.2) is 8.42 Å². The van der Waals surface area contributed by atoms with Crippen molar-refractivity contribution < 1.29 is 8.42 Å². The van der Waals surface area contributed by atoms with Gasteiger partial charge in [0.15, 0.2) is 0 Å². The van der Waals surface area contributed by atoms with Crippen LogP contribution >= 0.6 is 23.2 Å². The largest absolute Gasteiger partial charge is 0.296 e. The fourth-order valence-corrected chi connectivity index (χ4v) is 5.08. The average Bonchev–Trinajstić information content (AvgIpc) is 2.64. The third-order valence-electron chi connectivity index (χ3n) is 4.92. The zero-order chi connectivity index (χ0) is 19.6. The summed E-state index contributed by atoms with van der Waals surface area (Å²) in [5.41, 5.74) is 2.14. The predicted octanol–water partition coefficient (Wildman–Crippen LogP) is 4.62. The van der Waals surface area contributed by atoms with E-state index in [1.807, 2.05) is 24.3 Å². The highest BCUT2D eigenvalue weighted by Crippen LogP contribution is 2.24. The Bertz CT molecular complexity index is 891. The monoisotopic (exact) mass is 426 g/mol. The maximum atomic E-state index is 12.9. The third kappa shape index (κ3) is 4.84. The molecule has 0 radical (unpaired) electrons. The minimum absolute atomic E-state index is 0.362. The lowest BCUT2D eigenvalue weighted by Crippen LogP contribution is -2.48. The molecule has 0 spiro atoms. The SMILES string of the molecule is CC(C)c1ccc(S(=O)(=O)N2CCN(Cc3ccc(Cl)cc3Cl)CC2)cc1. The van der Waals surface area contributed by atoms with E-state index in [0.29, 0.717) is 53.6 Å². The first kappa shape index (κ1) is 20.6. The lowest BCUT2D eigenvalue weighted by molar-refractivity contribution is 0.181. The van der Waals surface area contributed by atoms with E-state index in [1.165, 1.54) is 0 Å². The van der Waals surface area contributed by atoms with E-state index >= 15 is 0 Å². The van der Waals surface area contributed by atoms with Crippen LogP contribution in [0.2, 0.25) is 10.0 Å². The summed E-state index contributed by atoms with van der Waals surface area (Å²) in [5, 5.41) is 1.26. The van der Waals surface area contributed by atoms with Gasteiger partial charge in [-0.15, -0.1) is 0 Å². The highest BCUT2D eigenvalue weighted by molar-refractivity contribution is 7.89. The molecule has 146 valence electrons. The fraction of sp³-hybridized carbons (Fsp3) is 0.400. The van der Waals surface area contributed by atoms with E-state index in [0.717, 1.165) is 11.1 Å². The van der Waals surface area contributed by atoms with Gasteiger partial charge in [0.25, 0.3) is 0 Å². The molecule has 1 saturated heterocycles. The van der Waals surface area contributed by atoms with E-state index in [-0.39, 0.29) is 0 Å². The van der Waals surface area contributed by atoms with Crippen LogP contribution in [0.1, 0.15) is 30.9 Å². The first-order chi connectivity index (χ1) is 12.8. The molecule has 0 aliphatic carbocycles. The normalized spacial score (nSPS) is 16.8. The summed E-state index contributed by atoms with van der Waals surface area (Å²) in [5.74, 6) is 0.380. The Balaban J connectivity index is 1.64. The molecule has 1 aliphatic rings. The molecule has 1 heterocycles. The van der Waals surface area contributed by atoms with Crippen molar-refractivity contribution >= 4 is 33.2 Å². The molecule has 0 saturated carbocycles. The summed E-state index contributed by atoms with van der Waals surface area (Å²) < 4.78 is 27.4. The van der Waals surface area contributed by atoms with Gasteiger partial charge in [-0.1, -0.05) is 55.2 Å². The molecule has 1 fully saturated rings. The number of piperazine rings is 1. The Morgan fingerprint density at radius 2 is 1.59 bits per heavy atom. The second-order valence-electron chi connectivity index (χ2n) is 7.14. The highest BCUT2D eigenvalue weighted by Gasteiger charge is 2.28. The van der Waals surface area contributed by atoms with Gasteiger partial charge in [0.05, 0.1) is 4.90 Å². The summed E-state index contributed by atoms with van der Waals surface area (Å²) in [7, 11) is -3.45. The predicted molar refractivity (Wildman–Crippen MR) is 111 cm³/mol. The fourth-order valence-electron chi connectivity index (χ4n) is 3.19. The number of sulfonamides is 1. The van der Waals surface area contributed by atoms with E-state index in [4.69, 9.17) is 23.2 Å².